The quantitative estimate of drug-likeness (QED) is 0.0184. The molecule has 1 aliphatic heterocycles. The monoisotopic (exact) mass is 1110 g/mol. The lowest BCUT2D eigenvalue weighted by molar-refractivity contribution is -0.185. The number of rotatable bonds is 27. The highest BCUT2D eigenvalue weighted by atomic mass is 31.1. The van der Waals surface area contributed by atoms with Crippen molar-refractivity contribution in [2.24, 2.45) is 11.5 Å². The number of fused-ring (bicyclic) bond motifs is 2. The number of carbonyl (C=O) groups excluding carboxylic acids is 6. The predicted molar refractivity (Wildman–Crippen MR) is 286 cm³/mol. The van der Waals surface area contributed by atoms with Crippen molar-refractivity contribution in [1.82, 2.24) is 26.6 Å². The van der Waals surface area contributed by atoms with Gasteiger partial charge in [0, 0.05) is 52.9 Å². The van der Waals surface area contributed by atoms with E-state index in [1.807, 2.05) is 19.1 Å². The van der Waals surface area contributed by atoms with Gasteiger partial charge in [0.25, 0.3) is 11.8 Å². The van der Waals surface area contributed by atoms with Crippen molar-refractivity contribution in [1.29, 1.82) is 0 Å². The first-order chi connectivity index (χ1) is 37.5. The largest absolute Gasteiger partial charge is 0.508 e. The molecule has 5 atom stereocenters. The number of hydrogen-bond acceptors (Lipinski definition) is 13. The van der Waals surface area contributed by atoms with Gasteiger partial charge in [-0.2, -0.15) is 8.78 Å². The predicted octanol–water partition coefficient (Wildman–Crippen LogP) is 5.01. The number of hydrogen-bond donors (Lipinski definition) is 10. The fourth-order valence-electron chi connectivity index (χ4n) is 8.54. The Morgan fingerprint density at radius 2 is 1.32 bits per heavy atom. The van der Waals surface area contributed by atoms with Gasteiger partial charge in [0.1, 0.15) is 35.2 Å². The van der Waals surface area contributed by atoms with Crippen molar-refractivity contribution < 1.29 is 71.0 Å². The van der Waals surface area contributed by atoms with E-state index in [0.29, 0.717) is 40.5 Å². The van der Waals surface area contributed by atoms with E-state index in [1.165, 1.54) is 67.6 Å². The van der Waals surface area contributed by atoms with Crippen molar-refractivity contribution in [2.45, 2.75) is 95.5 Å². The summed E-state index contributed by atoms with van der Waals surface area (Å²) in [4.78, 5) is 113. The van der Waals surface area contributed by atoms with E-state index in [-0.39, 0.29) is 90.3 Å². The van der Waals surface area contributed by atoms with Crippen LogP contribution in [0.4, 0.5) is 8.78 Å². The van der Waals surface area contributed by atoms with Crippen LogP contribution in [0.15, 0.2) is 112 Å². The third-order valence-electron chi connectivity index (χ3n) is 12.8. The number of nitrogens with one attached hydrogen (secondary N) is 5. The first kappa shape index (κ1) is 59.9. The van der Waals surface area contributed by atoms with E-state index >= 15 is 0 Å². The first-order valence-corrected chi connectivity index (χ1v) is 26.4. The zero-order valence-electron chi connectivity index (χ0n) is 42.9. The summed E-state index contributed by atoms with van der Waals surface area (Å²) in [6.07, 6.45) is -2.20. The van der Waals surface area contributed by atoms with Gasteiger partial charge in [0.15, 0.2) is 5.43 Å². The van der Waals surface area contributed by atoms with Crippen LogP contribution in [0.25, 0.3) is 33.4 Å². The highest BCUT2D eigenvalue weighted by Gasteiger charge is 2.35. The number of alkyl halides is 2. The Morgan fingerprint density at radius 1 is 0.722 bits per heavy atom. The number of primary amides is 1. The standard InChI is InChI=1S/C55H60F2N7O14P/c1-3-31-10-14-33(15-11-31)50(69)60-24-7-5-9-44(64-52(71)42(58)26-32-12-17-35(18-13-32)55(56,57)78-79(75)76)53(72)62-30(2)49(68)63-43(48(59)67)8-4-6-25-61-51(70)34-16-21-38(41(27-34)54(73)74)47-39-22-19-36(65)28-45(39)77-46-29-37(66)20-23-40(46)47/h10-23,27-30,42-44,65,79H,3-9,24-26,58H2,1-2H3,(H2,59,67)(H,60,69)(H,61,70)(H,62,72)(H,63,68)(H,64,71)(H,73,74)(H,75,76). The zero-order valence-corrected chi connectivity index (χ0v) is 43.9. The number of benzene rings is 5. The summed E-state index contributed by atoms with van der Waals surface area (Å²) < 4.78 is 48.9. The molecule has 4 aromatic carbocycles. The van der Waals surface area contributed by atoms with Crippen molar-refractivity contribution in [2.75, 3.05) is 13.1 Å². The van der Waals surface area contributed by atoms with Gasteiger partial charge in [-0.15, -0.1) is 0 Å². The number of amides is 6. The minimum absolute atomic E-state index is 0.0150. The molecule has 21 nitrogen and oxygen atoms in total. The lowest BCUT2D eigenvalue weighted by Gasteiger charge is -2.24. The fraction of sp³-hybridized carbons (Fsp3) is 0.309. The lowest BCUT2D eigenvalue weighted by Crippen LogP contribution is -2.56. The molecule has 0 bridgehead atoms. The fourth-order valence-corrected chi connectivity index (χ4v) is 8.87. The maximum Gasteiger partial charge on any atom is 0.389 e. The topological polar surface area (TPSA) is 349 Å². The summed E-state index contributed by atoms with van der Waals surface area (Å²) in [5.41, 5.74) is 13.6. The molecule has 79 heavy (non-hydrogen) atoms. The number of phenols is 1. The molecule has 1 heterocycles. The number of aromatic hydroxyl groups is 1. The second-order valence-electron chi connectivity index (χ2n) is 18.6. The van der Waals surface area contributed by atoms with E-state index in [1.54, 1.807) is 18.2 Å². The number of carboxylic acids is 1. The third-order valence-corrected chi connectivity index (χ3v) is 13.3. The van der Waals surface area contributed by atoms with Gasteiger partial charge >= 0.3 is 20.3 Å². The van der Waals surface area contributed by atoms with Crippen LogP contribution in [0.2, 0.25) is 0 Å². The molecule has 0 saturated heterocycles. The van der Waals surface area contributed by atoms with Crippen molar-refractivity contribution in [3.8, 4) is 28.2 Å². The summed E-state index contributed by atoms with van der Waals surface area (Å²) in [7, 11) is -3.97. The van der Waals surface area contributed by atoms with Crippen molar-refractivity contribution >= 4 is 60.6 Å². The summed E-state index contributed by atoms with van der Waals surface area (Å²) in [6, 6.07) is 18.8. The molecule has 0 fully saturated rings. The van der Waals surface area contributed by atoms with Crippen LogP contribution < -0.4 is 43.5 Å². The highest BCUT2D eigenvalue weighted by molar-refractivity contribution is 7.32. The number of phenolic OH excluding ortho intramolecular Hbond substituents is 1. The Bertz CT molecular complexity index is 3270. The number of aryl methyl sites for hydroxylation is 1. The van der Waals surface area contributed by atoms with Gasteiger partial charge in [0.2, 0.25) is 23.6 Å². The number of unbranched alkanes of at least 4 members (excludes halogenated alkanes) is 2. The Morgan fingerprint density at radius 3 is 1.94 bits per heavy atom. The van der Waals surface area contributed by atoms with Gasteiger partial charge in [0.05, 0.1) is 17.2 Å². The zero-order chi connectivity index (χ0) is 57.6. The smallest absolute Gasteiger partial charge is 0.389 e. The van der Waals surface area contributed by atoms with Gasteiger partial charge in [-0.25, -0.2) is 9.32 Å². The van der Waals surface area contributed by atoms with Crippen LogP contribution in [0.1, 0.15) is 100 Å². The van der Waals surface area contributed by atoms with E-state index in [2.05, 4.69) is 31.1 Å². The van der Waals surface area contributed by atoms with Crippen LogP contribution in [0.3, 0.4) is 0 Å². The normalized spacial score (nSPS) is 13.3. The Labute approximate surface area is 451 Å². The van der Waals surface area contributed by atoms with Gasteiger partial charge in [-0.1, -0.05) is 49.4 Å². The van der Waals surface area contributed by atoms with Crippen LogP contribution in [0, 0.1) is 0 Å². The number of nitrogens with two attached hydrogens (primary N) is 2. The molecule has 24 heteroatoms. The minimum atomic E-state index is -4.06. The maximum absolute atomic E-state index is 14.2. The molecule has 4 aromatic rings. The summed E-state index contributed by atoms with van der Waals surface area (Å²) in [5.74, 6) is -5.52. The van der Waals surface area contributed by atoms with E-state index in [4.69, 9.17) is 20.8 Å². The lowest BCUT2D eigenvalue weighted by atomic mass is 9.90. The SMILES string of the molecule is CCc1ccc(C(=O)NCCCCC(NC(=O)C(N)Cc2ccc(C(F)(F)O[PH](=O)O)cc2)C(=O)NC(C)C(=O)NC(CCCCNC(=O)c2ccc(-c3c4ccc(=O)cc-4oc4cc(O)ccc34)c(C(=O)O)c2)C(N)=O)cc1. The average Bonchev–Trinajstić information content (AvgIpc) is 3.59. The highest BCUT2D eigenvalue weighted by Crippen LogP contribution is 2.42. The Balaban J connectivity index is 1.03. The minimum Gasteiger partial charge on any atom is -0.508 e. The van der Waals surface area contributed by atoms with E-state index in [9.17, 15) is 61.9 Å². The molecule has 12 N–H and O–H groups in total. The summed E-state index contributed by atoms with van der Waals surface area (Å²) in [5, 5.41) is 34.0. The number of halogens is 2. The number of carboxylic acid groups (broad SMARTS) is 1. The molecule has 0 spiro atoms. The summed E-state index contributed by atoms with van der Waals surface area (Å²) >= 11 is 0. The first-order valence-electron chi connectivity index (χ1n) is 25.1. The molecule has 2 aliphatic rings. The molecule has 0 aromatic heterocycles. The molecule has 5 unspecified atom stereocenters. The van der Waals surface area contributed by atoms with Crippen LogP contribution in [-0.2, 0) is 47.2 Å². The second kappa shape index (κ2) is 27.3. The average molecular weight is 1110 g/mol. The molecular weight excluding hydrogens is 1050 g/mol. The Hall–Kier alpha value is -8.37. The molecule has 1 aliphatic carbocycles. The maximum atomic E-state index is 14.2. The van der Waals surface area contributed by atoms with Gasteiger partial charge in [-0.05, 0) is 124 Å². The van der Waals surface area contributed by atoms with Gasteiger partial charge in [-0.3, -0.25) is 38.1 Å². The second-order valence-corrected chi connectivity index (χ2v) is 19.3. The third kappa shape index (κ3) is 16.3. The van der Waals surface area contributed by atoms with Crippen LogP contribution in [0.5, 0.6) is 5.75 Å². The summed E-state index contributed by atoms with van der Waals surface area (Å²) in [6.45, 7) is 3.61. The molecule has 0 radical (unpaired) electrons. The van der Waals surface area contributed by atoms with Crippen molar-refractivity contribution in [3.05, 3.63) is 147 Å². The molecular formula is C55H60F2N7O14P. The molecule has 6 amide bonds. The van der Waals surface area contributed by atoms with Gasteiger partial charge < -0.3 is 57.6 Å². The van der Waals surface area contributed by atoms with Crippen LogP contribution >= 0.6 is 8.25 Å². The van der Waals surface area contributed by atoms with E-state index < -0.39 is 79.6 Å². The van der Waals surface area contributed by atoms with Crippen molar-refractivity contribution in [3.63, 3.8) is 0 Å². The van der Waals surface area contributed by atoms with E-state index in [0.717, 1.165) is 24.1 Å². The number of aromatic carboxylic acids is 1. The molecule has 6 rings (SSSR count). The van der Waals surface area contributed by atoms with Crippen LogP contribution in [-0.4, -0.2) is 93.8 Å². The number of carbonyl (C=O) groups is 7. The Kier molecular flexibility index (Phi) is 20.7. The molecule has 0 saturated carbocycles. The molecule has 418 valence electrons.